The van der Waals surface area contributed by atoms with E-state index in [4.69, 9.17) is 11.6 Å². The van der Waals surface area contributed by atoms with Crippen molar-refractivity contribution < 1.29 is 8.78 Å². The zero-order valence-corrected chi connectivity index (χ0v) is 13.9. The van der Waals surface area contributed by atoms with Gasteiger partial charge < -0.3 is 4.90 Å². The number of rotatable bonds is 1. The van der Waals surface area contributed by atoms with Crippen LogP contribution in [0.2, 0.25) is 5.02 Å². The van der Waals surface area contributed by atoms with Crippen LogP contribution in [0.1, 0.15) is 30.5 Å². The van der Waals surface area contributed by atoms with Crippen molar-refractivity contribution in [1.82, 2.24) is 4.98 Å². The van der Waals surface area contributed by atoms with Crippen molar-refractivity contribution in [1.29, 1.82) is 0 Å². The highest BCUT2D eigenvalue weighted by molar-refractivity contribution is 14.1. The molecule has 0 amide bonds. The normalized spacial score (nSPS) is 19.4. The van der Waals surface area contributed by atoms with Gasteiger partial charge in [-0.25, -0.2) is 13.8 Å². The molecule has 1 saturated heterocycles. The Hall–Kier alpha value is -0.170. The van der Waals surface area contributed by atoms with Gasteiger partial charge in [0, 0.05) is 25.9 Å². The molecular weight excluding hydrogens is 385 g/mol. The summed E-state index contributed by atoms with van der Waals surface area (Å²) in [4.78, 5) is 6.45. The predicted octanol–water partition coefficient (Wildman–Crippen LogP) is 4.58. The molecule has 1 aliphatic heterocycles. The van der Waals surface area contributed by atoms with Gasteiger partial charge in [0.15, 0.2) is 0 Å². The van der Waals surface area contributed by atoms with Gasteiger partial charge in [0.05, 0.1) is 14.3 Å². The minimum absolute atomic E-state index is 0.0361. The minimum Gasteiger partial charge on any atom is -0.355 e. The molecule has 0 bridgehead atoms. The minimum atomic E-state index is -2.54. The van der Waals surface area contributed by atoms with Crippen LogP contribution in [0, 0.1) is 17.4 Å². The van der Waals surface area contributed by atoms with E-state index in [9.17, 15) is 8.78 Å². The van der Waals surface area contributed by atoms with E-state index >= 15 is 0 Å². The van der Waals surface area contributed by atoms with Crippen LogP contribution in [0.5, 0.6) is 0 Å². The lowest BCUT2D eigenvalue weighted by Crippen LogP contribution is -2.28. The van der Waals surface area contributed by atoms with E-state index in [1.54, 1.807) is 0 Å². The first-order valence-corrected chi connectivity index (χ1v) is 7.72. The van der Waals surface area contributed by atoms with Crippen molar-refractivity contribution in [2.75, 3.05) is 18.0 Å². The van der Waals surface area contributed by atoms with Crippen molar-refractivity contribution in [3.05, 3.63) is 19.9 Å². The molecule has 106 valence electrons. The van der Waals surface area contributed by atoms with Gasteiger partial charge in [-0.05, 0) is 48.4 Å². The molecule has 0 atom stereocenters. The molecule has 1 aromatic heterocycles. The van der Waals surface area contributed by atoms with Crippen LogP contribution in [-0.4, -0.2) is 24.0 Å². The summed E-state index contributed by atoms with van der Waals surface area (Å²) >= 11 is 8.36. The van der Waals surface area contributed by atoms with Crippen LogP contribution >= 0.6 is 34.2 Å². The van der Waals surface area contributed by atoms with E-state index in [1.807, 2.05) is 18.7 Å². The van der Waals surface area contributed by atoms with Gasteiger partial charge in [0.1, 0.15) is 5.82 Å². The molecule has 2 nitrogen and oxygen atoms in total. The Morgan fingerprint density at radius 1 is 1.26 bits per heavy atom. The lowest BCUT2D eigenvalue weighted by atomic mass is 10.1. The Morgan fingerprint density at radius 2 is 1.95 bits per heavy atom. The average molecular weight is 401 g/mol. The van der Waals surface area contributed by atoms with Crippen LogP contribution in [0.3, 0.4) is 0 Å². The number of hydrogen-bond acceptors (Lipinski definition) is 2. The largest absolute Gasteiger partial charge is 0.355 e. The summed E-state index contributed by atoms with van der Waals surface area (Å²) in [6.45, 7) is 4.76. The Labute approximate surface area is 130 Å². The zero-order chi connectivity index (χ0) is 14.2. The third-order valence-electron chi connectivity index (χ3n) is 3.46. The summed E-state index contributed by atoms with van der Waals surface area (Å²) in [5, 5.41) is 0.660. The molecular formula is C13H16ClF2IN2. The van der Waals surface area contributed by atoms with Gasteiger partial charge in [-0.15, -0.1) is 0 Å². The fourth-order valence-electron chi connectivity index (χ4n) is 2.28. The number of pyridine rings is 1. The molecule has 1 aromatic rings. The van der Waals surface area contributed by atoms with Gasteiger partial charge >= 0.3 is 0 Å². The highest BCUT2D eigenvalue weighted by atomic mass is 127. The van der Waals surface area contributed by atoms with Gasteiger partial charge in [-0.3, -0.25) is 0 Å². The first-order chi connectivity index (χ1) is 8.82. The first kappa shape index (κ1) is 15.2. The standard InChI is InChI=1S/C13H16ClF2IN2/c1-8-10(14)9(2)18-12(11(8)17)19-6-3-4-13(15,16)5-7-19/h3-7H2,1-2H3. The van der Waals surface area contributed by atoms with E-state index < -0.39 is 5.92 Å². The lowest BCUT2D eigenvalue weighted by molar-refractivity contribution is -0.0102. The highest BCUT2D eigenvalue weighted by Gasteiger charge is 2.32. The van der Waals surface area contributed by atoms with Crippen molar-refractivity contribution in [3.63, 3.8) is 0 Å². The van der Waals surface area contributed by atoms with Gasteiger partial charge in [-0.2, -0.15) is 0 Å². The smallest absolute Gasteiger partial charge is 0.249 e. The monoisotopic (exact) mass is 400 g/mol. The van der Waals surface area contributed by atoms with Crippen LogP contribution in [0.4, 0.5) is 14.6 Å². The molecule has 0 aromatic carbocycles. The van der Waals surface area contributed by atoms with Crippen molar-refractivity contribution in [2.24, 2.45) is 0 Å². The van der Waals surface area contributed by atoms with Crippen molar-refractivity contribution in [3.8, 4) is 0 Å². The number of aromatic nitrogens is 1. The SMILES string of the molecule is Cc1nc(N2CCCC(F)(F)CC2)c(I)c(C)c1Cl. The Morgan fingerprint density at radius 3 is 2.63 bits per heavy atom. The van der Waals surface area contributed by atoms with Gasteiger partial charge in [-0.1, -0.05) is 11.6 Å². The average Bonchev–Trinajstić information content (AvgIpc) is 2.52. The maximum atomic E-state index is 13.4. The third-order valence-corrected chi connectivity index (χ3v) is 5.31. The Balaban J connectivity index is 2.32. The third kappa shape index (κ3) is 3.29. The van der Waals surface area contributed by atoms with Gasteiger partial charge in [0.2, 0.25) is 5.92 Å². The van der Waals surface area contributed by atoms with Crippen LogP contribution < -0.4 is 4.90 Å². The Kier molecular flexibility index (Phi) is 4.55. The maximum Gasteiger partial charge on any atom is 0.249 e. The summed E-state index contributed by atoms with van der Waals surface area (Å²) in [6.07, 6.45) is 0.350. The summed E-state index contributed by atoms with van der Waals surface area (Å²) in [7, 11) is 0. The van der Waals surface area contributed by atoms with Gasteiger partial charge in [0.25, 0.3) is 0 Å². The van der Waals surface area contributed by atoms with E-state index in [-0.39, 0.29) is 12.8 Å². The highest BCUT2D eigenvalue weighted by Crippen LogP contribution is 2.34. The second-order valence-corrected chi connectivity index (χ2v) is 6.43. The number of nitrogens with zero attached hydrogens (tertiary/aromatic N) is 2. The second-order valence-electron chi connectivity index (χ2n) is 4.97. The molecule has 19 heavy (non-hydrogen) atoms. The molecule has 0 spiro atoms. The lowest BCUT2D eigenvalue weighted by Gasteiger charge is -2.24. The Bertz CT molecular complexity index is 494. The zero-order valence-electron chi connectivity index (χ0n) is 10.9. The molecule has 6 heteroatoms. The van der Waals surface area contributed by atoms with Crippen molar-refractivity contribution >= 4 is 40.0 Å². The van der Waals surface area contributed by atoms with E-state index in [2.05, 4.69) is 27.6 Å². The summed E-state index contributed by atoms with van der Waals surface area (Å²) in [6, 6.07) is 0. The van der Waals surface area contributed by atoms with E-state index in [0.29, 0.717) is 24.5 Å². The van der Waals surface area contributed by atoms with E-state index in [0.717, 1.165) is 20.6 Å². The topological polar surface area (TPSA) is 16.1 Å². The number of hydrogen-bond donors (Lipinski definition) is 0. The first-order valence-electron chi connectivity index (χ1n) is 6.27. The fourth-order valence-corrected chi connectivity index (χ4v) is 3.31. The molecule has 0 unspecified atom stereocenters. The number of aryl methyl sites for hydroxylation is 1. The second kappa shape index (κ2) is 5.68. The van der Waals surface area contributed by atoms with Crippen LogP contribution in [0.25, 0.3) is 0 Å². The molecule has 1 aliphatic rings. The summed E-state index contributed by atoms with van der Waals surface area (Å²) < 4.78 is 27.8. The summed E-state index contributed by atoms with van der Waals surface area (Å²) in [5.74, 6) is -1.76. The van der Waals surface area contributed by atoms with Crippen molar-refractivity contribution in [2.45, 2.75) is 39.0 Å². The molecule has 2 rings (SSSR count). The molecule has 0 saturated carbocycles. The maximum absolute atomic E-state index is 13.4. The fraction of sp³-hybridized carbons (Fsp3) is 0.615. The van der Waals surface area contributed by atoms with E-state index in [1.165, 1.54) is 0 Å². The molecule has 2 heterocycles. The molecule has 1 fully saturated rings. The predicted molar refractivity (Wildman–Crippen MR) is 82.4 cm³/mol. The van der Waals surface area contributed by atoms with Crippen LogP contribution in [-0.2, 0) is 0 Å². The molecule has 0 aliphatic carbocycles. The quantitative estimate of drug-likeness (QED) is 0.642. The number of alkyl halides is 2. The molecule has 0 N–H and O–H groups in total. The van der Waals surface area contributed by atoms with Crippen LogP contribution in [0.15, 0.2) is 0 Å². The number of anilines is 1. The molecule has 0 radical (unpaired) electrons. The summed E-state index contributed by atoms with van der Waals surface area (Å²) in [5.41, 5.74) is 1.73. The number of halogens is 4.